The first-order chi connectivity index (χ1) is 6.72. The molecule has 1 aromatic rings. The van der Waals surface area contributed by atoms with Crippen molar-refractivity contribution in [2.45, 2.75) is 19.4 Å². The SMILES string of the molecule is C=CCNC(C)Cc1ccc(Cl)cc1. The molecule has 1 rings (SSSR count). The first-order valence-electron chi connectivity index (χ1n) is 4.81. The van der Waals surface area contributed by atoms with E-state index >= 15 is 0 Å². The Bertz CT molecular complexity index is 279. The van der Waals surface area contributed by atoms with E-state index in [0.717, 1.165) is 18.0 Å². The summed E-state index contributed by atoms with van der Waals surface area (Å²) in [6, 6.07) is 8.45. The second kappa shape index (κ2) is 5.84. The highest BCUT2D eigenvalue weighted by atomic mass is 35.5. The topological polar surface area (TPSA) is 12.0 Å². The maximum absolute atomic E-state index is 5.80. The highest BCUT2D eigenvalue weighted by Gasteiger charge is 2.01. The van der Waals surface area contributed by atoms with Crippen LogP contribution in [0.1, 0.15) is 12.5 Å². The lowest BCUT2D eigenvalue weighted by atomic mass is 10.1. The third-order valence-corrected chi connectivity index (χ3v) is 2.32. The number of rotatable bonds is 5. The second-order valence-electron chi connectivity index (χ2n) is 3.43. The van der Waals surface area contributed by atoms with Gasteiger partial charge >= 0.3 is 0 Å². The fourth-order valence-corrected chi connectivity index (χ4v) is 1.46. The molecule has 1 N–H and O–H groups in total. The minimum Gasteiger partial charge on any atom is -0.310 e. The Morgan fingerprint density at radius 1 is 1.43 bits per heavy atom. The standard InChI is InChI=1S/C12H16ClN/c1-3-8-14-10(2)9-11-4-6-12(13)7-5-11/h3-7,10,14H,1,8-9H2,2H3. The summed E-state index contributed by atoms with van der Waals surface area (Å²) in [4.78, 5) is 0. The van der Waals surface area contributed by atoms with Gasteiger partial charge in [-0.1, -0.05) is 29.8 Å². The van der Waals surface area contributed by atoms with E-state index in [0.29, 0.717) is 6.04 Å². The summed E-state index contributed by atoms with van der Waals surface area (Å²) in [5.74, 6) is 0. The van der Waals surface area contributed by atoms with E-state index in [2.05, 4.69) is 31.0 Å². The van der Waals surface area contributed by atoms with Crippen molar-refractivity contribution in [2.75, 3.05) is 6.54 Å². The quantitative estimate of drug-likeness (QED) is 0.736. The van der Waals surface area contributed by atoms with Gasteiger partial charge in [0, 0.05) is 17.6 Å². The third-order valence-electron chi connectivity index (χ3n) is 2.07. The Kier molecular flexibility index (Phi) is 4.71. The van der Waals surface area contributed by atoms with Crippen molar-refractivity contribution in [3.63, 3.8) is 0 Å². The highest BCUT2D eigenvalue weighted by Crippen LogP contribution is 2.10. The first kappa shape index (κ1) is 11.3. The van der Waals surface area contributed by atoms with E-state index in [1.54, 1.807) is 0 Å². The van der Waals surface area contributed by atoms with Crippen molar-refractivity contribution in [3.05, 3.63) is 47.5 Å². The second-order valence-corrected chi connectivity index (χ2v) is 3.86. The average Bonchev–Trinajstić information content (AvgIpc) is 2.18. The number of halogens is 1. The largest absolute Gasteiger partial charge is 0.310 e. The van der Waals surface area contributed by atoms with E-state index in [-0.39, 0.29) is 0 Å². The molecule has 0 bridgehead atoms. The predicted octanol–water partition coefficient (Wildman–Crippen LogP) is 3.05. The number of hydrogen-bond donors (Lipinski definition) is 1. The van der Waals surface area contributed by atoms with Crippen molar-refractivity contribution in [1.82, 2.24) is 5.32 Å². The van der Waals surface area contributed by atoms with Crippen LogP contribution in [0.4, 0.5) is 0 Å². The minimum absolute atomic E-state index is 0.467. The van der Waals surface area contributed by atoms with Crippen molar-refractivity contribution in [3.8, 4) is 0 Å². The Morgan fingerprint density at radius 3 is 2.64 bits per heavy atom. The molecule has 0 saturated carbocycles. The average molecular weight is 210 g/mol. The zero-order chi connectivity index (χ0) is 10.4. The van der Waals surface area contributed by atoms with Gasteiger partial charge in [0.15, 0.2) is 0 Å². The van der Waals surface area contributed by atoms with Gasteiger partial charge in [0.2, 0.25) is 0 Å². The van der Waals surface area contributed by atoms with E-state index in [1.807, 2.05) is 18.2 Å². The van der Waals surface area contributed by atoms with Crippen LogP contribution in [0.5, 0.6) is 0 Å². The summed E-state index contributed by atoms with van der Waals surface area (Å²) in [7, 11) is 0. The zero-order valence-electron chi connectivity index (χ0n) is 8.46. The Hall–Kier alpha value is -0.790. The zero-order valence-corrected chi connectivity index (χ0v) is 9.22. The van der Waals surface area contributed by atoms with Gasteiger partial charge in [0.1, 0.15) is 0 Å². The minimum atomic E-state index is 0.467. The first-order valence-corrected chi connectivity index (χ1v) is 5.19. The lowest BCUT2D eigenvalue weighted by Gasteiger charge is -2.12. The molecule has 0 aromatic heterocycles. The number of nitrogens with one attached hydrogen (secondary N) is 1. The van der Waals surface area contributed by atoms with E-state index in [9.17, 15) is 0 Å². The summed E-state index contributed by atoms with van der Waals surface area (Å²) in [5.41, 5.74) is 1.30. The predicted molar refractivity (Wildman–Crippen MR) is 62.8 cm³/mol. The molecule has 0 aliphatic rings. The van der Waals surface area contributed by atoms with Crippen LogP contribution in [0.3, 0.4) is 0 Å². The fraction of sp³-hybridized carbons (Fsp3) is 0.333. The molecule has 0 saturated heterocycles. The molecule has 76 valence electrons. The number of benzene rings is 1. The molecular formula is C12H16ClN. The van der Waals surface area contributed by atoms with Crippen molar-refractivity contribution >= 4 is 11.6 Å². The molecule has 1 aromatic carbocycles. The summed E-state index contributed by atoms with van der Waals surface area (Å²) >= 11 is 5.80. The third kappa shape index (κ3) is 3.95. The Morgan fingerprint density at radius 2 is 2.07 bits per heavy atom. The van der Waals surface area contributed by atoms with Gasteiger partial charge in [-0.05, 0) is 31.0 Å². The molecule has 2 heteroatoms. The Balaban J connectivity index is 2.43. The fourth-order valence-electron chi connectivity index (χ4n) is 1.33. The summed E-state index contributed by atoms with van der Waals surface area (Å²) in [6.45, 7) is 6.69. The van der Waals surface area contributed by atoms with Crippen LogP contribution in [0.15, 0.2) is 36.9 Å². The van der Waals surface area contributed by atoms with Crippen LogP contribution < -0.4 is 5.32 Å². The summed E-state index contributed by atoms with van der Waals surface area (Å²) in [5, 5.41) is 4.14. The normalized spacial score (nSPS) is 12.4. The van der Waals surface area contributed by atoms with Gasteiger partial charge in [-0.15, -0.1) is 6.58 Å². The van der Waals surface area contributed by atoms with Gasteiger partial charge in [-0.25, -0.2) is 0 Å². The lowest BCUT2D eigenvalue weighted by Crippen LogP contribution is -2.27. The van der Waals surface area contributed by atoms with E-state index < -0.39 is 0 Å². The van der Waals surface area contributed by atoms with Crippen LogP contribution in [0.2, 0.25) is 5.02 Å². The van der Waals surface area contributed by atoms with E-state index in [1.165, 1.54) is 5.56 Å². The molecule has 0 radical (unpaired) electrons. The number of hydrogen-bond acceptors (Lipinski definition) is 1. The molecule has 14 heavy (non-hydrogen) atoms. The maximum atomic E-state index is 5.80. The Labute approximate surface area is 90.8 Å². The molecule has 0 spiro atoms. The monoisotopic (exact) mass is 209 g/mol. The molecular weight excluding hydrogens is 194 g/mol. The molecule has 0 fully saturated rings. The lowest BCUT2D eigenvalue weighted by molar-refractivity contribution is 0.581. The van der Waals surface area contributed by atoms with Crippen LogP contribution in [0, 0.1) is 0 Å². The molecule has 1 atom stereocenters. The van der Waals surface area contributed by atoms with Crippen molar-refractivity contribution in [2.24, 2.45) is 0 Å². The van der Waals surface area contributed by atoms with Gasteiger partial charge < -0.3 is 5.32 Å². The van der Waals surface area contributed by atoms with Gasteiger partial charge in [-0.3, -0.25) is 0 Å². The van der Waals surface area contributed by atoms with Gasteiger partial charge in [-0.2, -0.15) is 0 Å². The molecule has 0 aliphatic heterocycles. The van der Waals surface area contributed by atoms with Gasteiger partial charge in [0.25, 0.3) is 0 Å². The van der Waals surface area contributed by atoms with Crippen molar-refractivity contribution < 1.29 is 0 Å². The molecule has 1 unspecified atom stereocenters. The molecule has 0 heterocycles. The maximum Gasteiger partial charge on any atom is 0.0406 e. The van der Waals surface area contributed by atoms with Crippen molar-refractivity contribution in [1.29, 1.82) is 0 Å². The highest BCUT2D eigenvalue weighted by molar-refractivity contribution is 6.30. The molecule has 1 nitrogen and oxygen atoms in total. The van der Waals surface area contributed by atoms with Gasteiger partial charge in [0.05, 0.1) is 0 Å². The summed E-state index contributed by atoms with van der Waals surface area (Å²) < 4.78 is 0. The molecule has 0 amide bonds. The smallest absolute Gasteiger partial charge is 0.0406 e. The van der Waals surface area contributed by atoms with E-state index in [4.69, 9.17) is 11.6 Å². The van der Waals surface area contributed by atoms with Crippen LogP contribution in [-0.2, 0) is 6.42 Å². The van der Waals surface area contributed by atoms with Crippen LogP contribution in [0.25, 0.3) is 0 Å². The van der Waals surface area contributed by atoms with Crippen LogP contribution >= 0.6 is 11.6 Å². The molecule has 0 aliphatic carbocycles. The van der Waals surface area contributed by atoms with Crippen LogP contribution in [-0.4, -0.2) is 12.6 Å². The summed E-state index contributed by atoms with van der Waals surface area (Å²) in [6.07, 6.45) is 2.89.